The van der Waals surface area contributed by atoms with Crippen LogP contribution in [0.25, 0.3) is 0 Å². The summed E-state index contributed by atoms with van der Waals surface area (Å²) in [6.07, 6.45) is 1.05. The van der Waals surface area contributed by atoms with E-state index in [-0.39, 0.29) is 0 Å². The molecule has 1 aliphatic rings. The molecule has 1 saturated heterocycles. The lowest BCUT2D eigenvalue weighted by Crippen LogP contribution is -2.46. The van der Waals surface area contributed by atoms with Gasteiger partial charge in [0.1, 0.15) is 0 Å². The fourth-order valence-electron chi connectivity index (χ4n) is 1.70. The highest BCUT2D eigenvalue weighted by molar-refractivity contribution is 8.06. The fourth-order valence-corrected chi connectivity index (χ4v) is 5.25. The second-order valence-corrected chi connectivity index (χ2v) is 6.87. The van der Waals surface area contributed by atoms with Gasteiger partial charge >= 0.3 is 0 Å². The predicted molar refractivity (Wildman–Crippen MR) is 72.7 cm³/mol. The van der Waals surface area contributed by atoms with Crippen LogP contribution in [0, 0.1) is 0 Å². The van der Waals surface area contributed by atoms with Crippen molar-refractivity contribution in [2.75, 3.05) is 17.3 Å². The molecule has 3 N–H and O–H groups in total. The van der Waals surface area contributed by atoms with E-state index in [0.29, 0.717) is 11.3 Å². The number of thiophene rings is 1. The first-order valence-electron chi connectivity index (χ1n) is 5.06. The van der Waals surface area contributed by atoms with Gasteiger partial charge in [-0.25, -0.2) is 0 Å². The van der Waals surface area contributed by atoms with E-state index in [2.05, 4.69) is 34.0 Å². The van der Waals surface area contributed by atoms with Crippen molar-refractivity contribution < 1.29 is 0 Å². The van der Waals surface area contributed by atoms with Crippen LogP contribution in [-0.4, -0.2) is 28.6 Å². The third-order valence-corrected chi connectivity index (χ3v) is 6.19. The molecule has 1 aliphatic heterocycles. The first-order valence-corrected chi connectivity index (χ1v) is 8.21. The van der Waals surface area contributed by atoms with Crippen molar-refractivity contribution in [2.45, 2.75) is 17.7 Å². The molecular formula is C10H16N2S3. The van der Waals surface area contributed by atoms with Crippen LogP contribution >= 0.6 is 34.9 Å². The number of hydrazine groups is 1. The van der Waals surface area contributed by atoms with Crippen LogP contribution < -0.4 is 11.3 Å². The summed E-state index contributed by atoms with van der Waals surface area (Å²) in [5.41, 5.74) is 4.38. The van der Waals surface area contributed by atoms with Crippen molar-refractivity contribution in [1.82, 2.24) is 5.43 Å². The quantitative estimate of drug-likeness (QED) is 0.641. The highest BCUT2D eigenvalue weighted by atomic mass is 32.2. The Bertz CT molecular complexity index is 270. The van der Waals surface area contributed by atoms with Crippen molar-refractivity contribution >= 4 is 34.9 Å². The van der Waals surface area contributed by atoms with Crippen LogP contribution in [-0.2, 0) is 6.42 Å². The molecule has 1 aromatic heterocycles. The molecule has 1 fully saturated rings. The average Bonchev–Trinajstić information content (AvgIpc) is 2.80. The summed E-state index contributed by atoms with van der Waals surface area (Å²) in [7, 11) is 0. The van der Waals surface area contributed by atoms with E-state index in [9.17, 15) is 0 Å². The van der Waals surface area contributed by atoms with Gasteiger partial charge in [0.05, 0.1) is 0 Å². The molecule has 15 heavy (non-hydrogen) atoms. The molecule has 84 valence electrons. The van der Waals surface area contributed by atoms with E-state index in [0.717, 1.165) is 6.42 Å². The SMILES string of the molecule is NNC(Cc1ccsc1)C1CSCCS1. The Hall–Kier alpha value is 0.320. The third-order valence-electron chi connectivity index (χ3n) is 2.54. The number of hydrogen-bond acceptors (Lipinski definition) is 5. The first kappa shape index (κ1) is 11.8. The van der Waals surface area contributed by atoms with Gasteiger partial charge in [-0.15, -0.1) is 0 Å². The molecule has 2 unspecified atom stereocenters. The van der Waals surface area contributed by atoms with E-state index < -0.39 is 0 Å². The van der Waals surface area contributed by atoms with E-state index in [4.69, 9.17) is 5.84 Å². The van der Waals surface area contributed by atoms with Gasteiger partial charge in [-0.1, -0.05) is 0 Å². The second-order valence-electron chi connectivity index (χ2n) is 3.59. The van der Waals surface area contributed by atoms with Gasteiger partial charge in [-0.3, -0.25) is 11.3 Å². The Labute approximate surface area is 103 Å². The molecular weight excluding hydrogens is 244 g/mol. The Kier molecular flexibility index (Phi) is 4.84. The van der Waals surface area contributed by atoms with Crippen LogP contribution in [0.15, 0.2) is 16.8 Å². The van der Waals surface area contributed by atoms with Gasteiger partial charge in [0, 0.05) is 28.6 Å². The molecule has 5 heteroatoms. The minimum atomic E-state index is 0.414. The van der Waals surface area contributed by atoms with Gasteiger partial charge < -0.3 is 0 Å². The molecule has 0 amide bonds. The van der Waals surface area contributed by atoms with E-state index in [1.54, 1.807) is 11.3 Å². The van der Waals surface area contributed by atoms with Crippen molar-refractivity contribution in [3.05, 3.63) is 22.4 Å². The van der Waals surface area contributed by atoms with E-state index in [1.165, 1.54) is 22.8 Å². The van der Waals surface area contributed by atoms with Crippen LogP contribution in [0.1, 0.15) is 5.56 Å². The average molecular weight is 260 g/mol. The second kappa shape index (κ2) is 6.15. The highest BCUT2D eigenvalue weighted by Gasteiger charge is 2.23. The van der Waals surface area contributed by atoms with Crippen LogP contribution in [0.5, 0.6) is 0 Å². The maximum Gasteiger partial charge on any atom is 0.0378 e. The lowest BCUT2D eigenvalue weighted by atomic mass is 10.1. The summed E-state index contributed by atoms with van der Waals surface area (Å²) in [6.45, 7) is 0. The van der Waals surface area contributed by atoms with Gasteiger partial charge in [-0.05, 0) is 28.8 Å². The first-order chi connectivity index (χ1) is 7.40. The maximum atomic E-state index is 5.65. The summed E-state index contributed by atoms with van der Waals surface area (Å²) in [4.78, 5) is 0. The number of nitrogens with two attached hydrogens (primary N) is 1. The summed E-state index contributed by atoms with van der Waals surface area (Å²) in [6, 6.07) is 2.60. The Morgan fingerprint density at radius 3 is 3.07 bits per heavy atom. The minimum absolute atomic E-state index is 0.414. The molecule has 2 nitrogen and oxygen atoms in total. The molecule has 0 radical (unpaired) electrons. The Morgan fingerprint density at radius 2 is 2.47 bits per heavy atom. The van der Waals surface area contributed by atoms with Crippen molar-refractivity contribution in [1.29, 1.82) is 0 Å². The maximum absolute atomic E-state index is 5.65. The molecule has 0 aromatic carbocycles. The number of rotatable bonds is 4. The normalized spacial score (nSPS) is 23.9. The van der Waals surface area contributed by atoms with Crippen LogP contribution in [0.3, 0.4) is 0 Å². The summed E-state index contributed by atoms with van der Waals surface area (Å²) in [5, 5.41) is 5.00. The predicted octanol–water partition coefficient (Wildman–Crippen LogP) is 1.97. The van der Waals surface area contributed by atoms with Crippen LogP contribution in [0.4, 0.5) is 0 Å². The molecule has 0 bridgehead atoms. The number of thioether (sulfide) groups is 2. The smallest absolute Gasteiger partial charge is 0.0378 e. The summed E-state index contributed by atoms with van der Waals surface area (Å²) >= 11 is 5.86. The lowest BCUT2D eigenvalue weighted by molar-refractivity contribution is 0.524. The molecule has 0 saturated carbocycles. The highest BCUT2D eigenvalue weighted by Crippen LogP contribution is 2.27. The number of nitrogens with one attached hydrogen (secondary N) is 1. The molecule has 2 atom stereocenters. The lowest BCUT2D eigenvalue weighted by Gasteiger charge is -2.28. The van der Waals surface area contributed by atoms with E-state index in [1.807, 2.05) is 11.8 Å². The van der Waals surface area contributed by atoms with Gasteiger partial charge in [0.2, 0.25) is 0 Å². The molecule has 2 rings (SSSR count). The topological polar surface area (TPSA) is 38.0 Å². The molecule has 2 heterocycles. The van der Waals surface area contributed by atoms with E-state index >= 15 is 0 Å². The van der Waals surface area contributed by atoms with Gasteiger partial charge in [0.25, 0.3) is 0 Å². The summed E-state index contributed by atoms with van der Waals surface area (Å²) < 4.78 is 0. The Morgan fingerprint density at radius 1 is 1.53 bits per heavy atom. The number of hydrogen-bond donors (Lipinski definition) is 2. The molecule has 1 aromatic rings. The fraction of sp³-hybridized carbons (Fsp3) is 0.600. The summed E-state index contributed by atoms with van der Waals surface area (Å²) in [5.74, 6) is 9.43. The zero-order valence-electron chi connectivity index (χ0n) is 8.52. The minimum Gasteiger partial charge on any atom is -0.271 e. The molecule has 0 spiro atoms. The van der Waals surface area contributed by atoms with Gasteiger partial charge in [0.15, 0.2) is 0 Å². The Balaban J connectivity index is 1.91. The van der Waals surface area contributed by atoms with Crippen molar-refractivity contribution in [2.24, 2.45) is 5.84 Å². The van der Waals surface area contributed by atoms with Gasteiger partial charge in [-0.2, -0.15) is 34.9 Å². The zero-order chi connectivity index (χ0) is 10.5. The van der Waals surface area contributed by atoms with Crippen molar-refractivity contribution in [3.8, 4) is 0 Å². The zero-order valence-corrected chi connectivity index (χ0v) is 11.0. The molecule has 0 aliphatic carbocycles. The van der Waals surface area contributed by atoms with Crippen LogP contribution in [0.2, 0.25) is 0 Å². The van der Waals surface area contributed by atoms with Crippen molar-refractivity contribution in [3.63, 3.8) is 0 Å². The largest absolute Gasteiger partial charge is 0.271 e. The third kappa shape index (κ3) is 3.39. The standard InChI is InChI=1S/C10H16N2S3/c11-12-9(5-8-1-2-13-6-8)10-7-14-3-4-15-10/h1-2,6,9-10,12H,3-5,7,11H2. The monoisotopic (exact) mass is 260 g/mol.